The van der Waals surface area contributed by atoms with Crippen LogP contribution in [0.3, 0.4) is 0 Å². The summed E-state index contributed by atoms with van der Waals surface area (Å²) in [5, 5.41) is 10.4. The number of fused-ring (bicyclic) bond motifs is 1. The van der Waals surface area contributed by atoms with E-state index in [4.69, 9.17) is 19.4 Å². The van der Waals surface area contributed by atoms with Gasteiger partial charge in [-0.15, -0.1) is 0 Å². The minimum atomic E-state index is -5.08. The fourth-order valence-electron chi connectivity index (χ4n) is 4.01. The zero-order chi connectivity index (χ0) is 23.1. The van der Waals surface area contributed by atoms with Crippen LogP contribution in [0, 0.1) is 11.8 Å². The fourth-order valence-corrected chi connectivity index (χ4v) is 4.01. The zero-order valence-electron chi connectivity index (χ0n) is 17.3. The van der Waals surface area contributed by atoms with E-state index in [1.165, 1.54) is 0 Å². The van der Waals surface area contributed by atoms with Crippen LogP contribution in [0.4, 0.5) is 23.9 Å². The molecule has 0 saturated carbocycles. The van der Waals surface area contributed by atoms with Crippen molar-refractivity contribution < 1.29 is 37.3 Å². The molecule has 0 aliphatic carbocycles. The first-order chi connectivity index (χ1) is 15.3. The van der Waals surface area contributed by atoms with Gasteiger partial charge in [-0.25, -0.2) is 19.6 Å². The van der Waals surface area contributed by atoms with Crippen LogP contribution in [-0.4, -0.2) is 102 Å². The largest absolute Gasteiger partial charge is 0.490 e. The Morgan fingerprint density at radius 2 is 1.81 bits per heavy atom. The van der Waals surface area contributed by atoms with Crippen LogP contribution in [0.5, 0.6) is 0 Å². The molecule has 32 heavy (non-hydrogen) atoms. The van der Waals surface area contributed by atoms with Crippen molar-refractivity contribution in [2.24, 2.45) is 11.8 Å². The molecule has 1 aromatic rings. The predicted octanol–water partition coefficient (Wildman–Crippen LogP) is 1.31. The number of amides is 2. The number of likely N-dealkylation sites (tertiary alicyclic amines) is 1. The van der Waals surface area contributed by atoms with Crippen molar-refractivity contribution in [2.75, 3.05) is 57.9 Å². The third-order valence-electron chi connectivity index (χ3n) is 5.62. The SMILES string of the molecule is O=C(N1CCOCC1)N1CC[C@@H]2[C@@H](CO[C@@H]2CNc2ncccn2)C1.O=C(O)C(F)(F)F. The molecular weight excluding hydrogens is 435 g/mol. The van der Waals surface area contributed by atoms with Crippen molar-refractivity contribution in [3.63, 3.8) is 0 Å². The Hall–Kier alpha value is -2.67. The van der Waals surface area contributed by atoms with Crippen molar-refractivity contribution >= 4 is 17.9 Å². The topological polar surface area (TPSA) is 117 Å². The smallest absolute Gasteiger partial charge is 0.475 e. The van der Waals surface area contributed by atoms with E-state index in [0.29, 0.717) is 50.6 Å². The molecule has 3 saturated heterocycles. The van der Waals surface area contributed by atoms with Gasteiger partial charge in [-0.2, -0.15) is 13.2 Å². The average Bonchev–Trinajstić information content (AvgIpc) is 3.20. The number of aliphatic carboxylic acids is 1. The average molecular weight is 461 g/mol. The highest BCUT2D eigenvalue weighted by atomic mass is 19.4. The molecule has 4 rings (SSSR count). The first-order valence-corrected chi connectivity index (χ1v) is 10.3. The first-order valence-electron chi connectivity index (χ1n) is 10.3. The summed E-state index contributed by atoms with van der Waals surface area (Å²) in [5.74, 6) is -1.21. The Bertz CT molecular complexity index is 763. The third kappa shape index (κ3) is 6.42. The molecule has 10 nitrogen and oxygen atoms in total. The number of piperidine rings is 1. The number of nitrogens with zero attached hydrogens (tertiary/aromatic N) is 4. The number of nitrogens with one attached hydrogen (secondary N) is 1. The molecule has 2 amide bonds. The van der Waals surface area contributed by atoms with Gasteiger partial charge in [0.25, 0.3) is 0 Å². The lowest BCUT2D eigenvalue weighted by atomic mass is 9.84. The number of aromatic nitrogens is 2. The molecule has 2 N–H and O–H groups in total. The van der Waals surface area contributed by atoms with E-state index in [9.17, 15) is 18.0 Å². The van der Waals surface area contributed by atoms with Crippen molar-refractivity contribution in [1.82, 2.24) is 19.8 Å². The van der Waals surface area contributed by atoms with Crippen molar-refractivity contribution in [3.05, 3.63) is 18.5 Å². The van der Waals surface area contributed by atoms with Gasteiger partial charge in [-0.1, -0.05) is 0 Å². The maximum atomic E-state index is 12.7. The van der Waals surface area contributed by atoms with Crippen LogP contribution in [0.2, 0.25) is 0 Å². The van der Waals surface area contributed by atoms with E-state index in [1.807, 2.05) is 9.80 Å². The van der Waals surface area contributed by atoms with E-state index in [0.717, 1.165) is 26.1 Å². The number of morpholine rings is 1. The van der Waals surface area contributed by atoms with Gasteiger partial charge in [0.2, 0.25) is 5.95 Å². The number of anilines is 1. The Morgan fingerprint density at radius 1 is 1.16 bits per heavy atom. The molecule has 13 heteroatoms. The number of alkyl halides is 3. The number of halogens is 3. The van der Waals surface area contributed by atoms with Gasteiger partial charge in [0.15, 0.2) is 0 Å². The van der Waals surface area contributed by atoms with E-state index < -0.39 is 12.1 Å². The second kappa shape index (κ2) is 10.8. The number of carboxylic acids is 1. The molecule has 178 valence electrons. The van der Waals surface area contributed by atoms with Crippen LogP contribution in [-0.2, 0) is 14.3 Å². The Balaban J connectivity index is 0.000000360. The minimum Gasteiger partial charge on any atom is -0.475 e. The lowest BCUT2D eigenvalue weighted by Crippen LogP contribution is -2.52. The maximum absolute atomic E-state index is 12.7. The van der Waals surface area contributed by atoms with Crippen LogP contribution in [0.1, 0.15) is 6.42 Å². The zero-order valence-corrected chi connectivity index (χ0v) is 17.3. The lowest BCUT2D eigenvalue weighted by molar-refractivity contribution is -0.192. The summed E-state index contributed by atoms with van der Waals surface area (Å²) in [5.41, 5.74) is 0. The van der Waals surface area contributed by atoms with Crippen LogP contribution >= 0.6 is 0 Å². The number of urea groups is 1. The second-order valence-corrected chi connectivity index (χ2v) is 7.67. The lowest BCUT2D eigenvalue weighted by Gasteiger charge is -2.39. The highest BCUT2D eigenvalue weighted by Gasteiger charge is 2.42. The van der Waals surface area contributed by atoms with Gasteiger partial charge in [-0.3, -0.25) is 0 Å². The summed E-state index contributed by atoms with van der Waals surface area (Å²) >= 11 is 0. The number of carbonyl (C=O) groups excluding carboxylic acids is 1. The summed E-state index contributed by atoms with van der Waals surface area (Å²) in [6.45, 7) is 5.71. The summed E-state index contributed by atoms with van der Waals surface area (Å²) in [6.07, 6.45) is -0.482. The number of carboxylic acid groups (broad SMARTS) is 1. The van der Waals surface area contributed by atoms with Crippen molar-refractivity contribution in [1.29, 1.82) is 0 Å². The molecule has 0 bridgehead atoms. The molecule has 3 fully saturated rings. The minimum absolute atomic E-state index is 0.154. The molecule has 3 aliphatic heterocycles. The number of ether oxygens (including phenoxy) is 2. The summed E-state index contributed by atoms with van der Waals surface area (Å²) in [7, 11) is 0. The highest BCUT2D eigenvalue weighted by Crippen LogP contribution is 2.34. The molecule has 0 unspecified atom stereocenters. The maximum Gasteiger partial charge on any atom is 0.490 e. The van der Waals surface area contributed by atoms with Gasteiger partial charge >= 0.3 is 18.2 Å². The molecule has 3 atom stereocenters. The summed E-state index contributed by atoms with van der Waals surface area (Å²) in [4.78, 5) is 33.8. The molecule has 0 spiro atoms. The second-order valence-electron chi connectivity index (χ2n) is 7.67. The Kier molecular flexibility index (Phi) is 8.07. The van der Waals surface area contributed by atoms with Crippen molar-refractivity contribution in [3.8, 4) is 0 Å². The Labute approximate surface area is 182 Å². The fraction of sp³-hybridized carbons (Fsp3) is 0.684. The van der Waals surface area contributed by atoms with Gasteiger partial charge < -0.3 is 29.7 Å². The molecular formula is C19H26F3N5O5. The van der Waals surface area contributed by atoms with E-state index >= 15 is 0 Å². The van der Waals surface area contributed by atoms with Crippen LogP contribution < -0.4 is 5.32 Å². The first kappa shape index (κ1) is 24.0. The van der Waals surface area contributed by atoms with Gasteiger partial charge in [0.05, 0.1) is 25.9 Å². The van der Waals surface area contributed by atoms with Crippen LogP contribution in [0.15, 0.2) is 18.5 Å². The standard InChI is InChI=1S/C17H25N5O3.C2HF3O2/c23-17(21-6-8-24-9-7-21)22-5-2-14-13(11-22)12-25-15(14)10-20-16-18-3-1-4-19-16;3-2(4,5)1(6)7/h1,3-4,13-15H,2,5-12H2,(H,18,19,20);(H,6,7)/t13-,14-,15-;/m1./s1. The van der Waals surface area contributed by atoms with Gasteiger partial charge in [-0.05, 0) is 18.4 Å². The van der Waals surface area contributed by atoms with Crippen LogP contribution in [0.25, 0.3) is 0 Å². The predicted molar refractivity (Wildman–Crippen MR) is 105 cm³/mol. The highest BCUT2D eigenvalue weighted by molar-refractivity contribution is 5.74. The van der Waals surface area contributed by atoms with Crippen molar-refractivity contribution in [2.45, 2.75) is 18.7 Å². The summed E-state index contributed by atoms with van der Waals surface area (Å²) in [6, 6.07) is 1.95. The third-order valence-corrected chi connectivity index (χ3v) is 5.62. The molecule has 4 heterocycles. The van der Waals surface area contributed by atoms with E-state index in [2.05, 4.69) is 15.3 Å². The Morgan fingerprint density at radius 3 is 2.44 bits per heavy atom. The number of hydrogen-bond donors (Lipinski definition) is 2. The quantitative estimate of drug-likeness (QED) is 0.692. The van der Waals surface area contributed by atoms with E-state index in [-0.39, 0.29) is 12.1 Å². The monoisotopic (exact) mass is 461 g/mol. The number of rotatable bonds is 3. The van der Waals surface area contributed by atoms with Gasteiger partial charge in [0, 0.05) is 51.0 Å². The molecule has 0 aromatic carbocycles. The number of carbonyl (C=O) groups is 2. The van der Waals surface area contributed by atoms with E-state index in [1.54, 1.807) is 18.5 Å². The molecule has 0 radical (unpaired) electrons. The van der Waals surface area contributed by atoms with Gasteiger partial charge in [0.1, 0.15) is 0 Å². The normalized spacial score (nSPS) is 25.4. The summed E-state index contributed by atoms with van der Waals surface area (Å²) < 4.78 is 43.1. The molecule has 3 aliphatic rings. The number of hydrogen-bond acceptors (Lipinski definition) is 7. The molecule has 1 aromatic heterocycles.